The number of nitrogens with zero attached hydrogens (tertiary/aromatic N) is 2. The highest BCUT2D eigenvalue weighted by Crippen LogP contribution is 2.35. The zero-order chi connectivity index (χ0) is 21.3. The Labute approximate surface area is 182 Å². The van der Waals surface area contributed by atoms with Crippen LogP contribution in [0.1, 0.15) is 57.4 Å². The summed E-state index contributed by atoms with van der Waals surface area (Å²) in [5, 5.41) is 0. The van der Waals surface area contributed by atoms with Crippen molar-refractivity contribution in [3.8, 4) is 0 Å². The molecule has 1 aliphatic carbocycles. The Morgan fingerprint density at radius 3 is 2.53 bits per heavy atom. The number of nitrogens with two attached hydrogens (primary N) is 1. The number of methoxy groups -OCH3 is 1. The van der Waals surface area contributed by atoms with Crippen LogP contribution < -0.4 is 10.6 Å². The molecule has 30 heavy (non-hydrogen) atoms. The maximum atomic E-state index is 11.1. The minimum absolute atomic E-state index is 0.192. The number of primary amides is 1. The summed E-state index contributed by atoms with van der Waals surface area (Å²) in [4.78, 5) is 16.3. The normalized spacial score (nSPS) is 24.0. The molecule has 1 amide bonds. The zero-order valence-electron chi connectivity index (χ0n) is 19.0. The van der Waals surface area contributed by atoms with E-state index in [1.54, 1.807) is 7.11 Å². The van der Waals surface area contributed by atoms with Crippen molar-refractivity contribution in [3.63, 3.8) is 0 Å². The van der Waals surface area contributed by atoms with Gasteiger partial charge in [0.25, 0.3) is 0 Å². The van der Waals surface area contributed by atoms with Gasteiger partial charge in [0.1, 0.15) is 0 Å². The number of aryl methyl sites for hydroxylation is 1. The molecule has 1 aliphatic heterocycles. The zero-order valence-corrected chi connectivity index (χ0v) is 19.0. The fourth-order valence-electron chi connectivity index (χ4n) is 5.25. The molecule has 3 rings (SSSR count). The molecule has 1 aromatic carbocycles. The second-order valence-corrected chi connectivity index (χ2v) is 9.20. The van der Waals surface area contributed by atoms with Crippen molar-refractivity contribution in [2.75, 3.05) is 44.7 Å². The number of anilines is 1. The molecule has 2 aliphatic rings. The highest BCUT2D eigenvalue weighted by Gasteiger charge is 2.28. The highest BCUT2D eigenvalue weighted by atomic mass is 16.5. The number of ether oxygens (including phenoxy) is 1. The van der Waals surface area contributed by atoms with Crippen LogP contribution in [0.25, 0.3) is 0 Å². The molecule has 0 aromatic heterocycles. The molecule has 1 atom stereocenters. The number of benzene rings is 1. The number of piperazine rings is 1. The van der Waals surface area contributed by atoms with Gasteiger partial charge in [0, 0.05) is 45.4 Å². The van der Waals surface area contributed by atoms with Gasteiger partial charge in [-0.15, -0.1) is 0 Å². The fraction of sp³-hybridized carbons (Fsp3) is 0.720. The molecule has 1 saturated carbocycles. The van der Waals surface area contributed by atoms with Crippen molar-refractivity contribution in [2.45, 2.75) is 64.4 Å². The highest BCUT2D eigenvalue weighted by molar-refractivity contribution is 5.73. The molecule has 2 N–H and O–H groups in total. The van der Waals surface area contributed by atoms with Crippen LogP contribution in [0.5, 0.6) is 0 Å². The standard InChI is InChI=1S/C25H41N3O2/c1-3-20-5-4-6-23(19-20)28-17-15-27(16-18-28)14-13-21-7-9-22(10-8-21)24(30-2)11-12-25(26)29/h4-6,19,21-22,24H,3,7-18H2,1-2H3,(H2,26,29). The molecular formula is C25H41N3O2. The lowest BCUT2D eigenvalue weighted by Crippen LogP contribution is -2.47. The van der Waals surface area contributed by atoms with Gasteiger partial charge in [0.15, 0.2) is 0 Å². The summed E-state index contributed by atoms with van der Waals surface area (Å²) in [6.45, 7) is 8.06. The molecule has 1 saturated heterocycles. The number of amides is 1. The SMILES string of the molecule is CCc1cccc(N2CCN(CCC3CCC(C(CCC(N)=O)OC)CC3)CC2)c1. The Morgan fingerprint density at radius 2 is 1.90 bits per heavy atom. The van der Waals surface area contributed by atoms with Gasteiger partial charge in [-0.05, 0) is 68.2 Å². The number of hydrogen-bond acceptors (Lipinski definition) is 4. The van der Waals surface area contributed by atoms with Crippen molar-refractivity contribution in [1.29, 1.82) is 0 Å². The molecule has 2 fully saturated rings. The maximum Gasteiger partial charge on any atom is 0.217 e. The van der Waals surface area contributed by atoms with Gasteiger partial charge < -0.3 is 15.4 Å². The number of rotatable bonds is 10. The lowest BCUT2D eigenvalue weighted by molar-refractivity contribution is -0.119. The Kier molecular flexibility index (Phi) is 9.01. The Morgan fingerprint density at radius 1 is 1.17 bits per heavy atom. The van der Waals surface area contributed by atoms with Crippen molar-refractivity contribution >= 4 is 11.6 Å². The third-order valence-electron chi connectivity index (χ3n) is 7.31. The second kappa shape index (κ2) is 11.7. The summed E-state index contributed by atoms with van der Waals surface area (Å²) in [7, 11) is 1.77. The molecule has 5 heteroatoms. The first-order valence-electron chi connectivity index (χ1n) is 12.0. The predicted octanol–water partition coefficient (Wildman–Crippen LogP) is 3.85. The predicted molar refractivity (Wildman–Crippen MR) is 124 cm³/mol. The van der Waals surface area contributed by atoms with Gasteiger partial charge in [-0.1, -0.05) is 31.9 Å². The number of hydrogen-bond donors (Lipinski definition) is 1. The van der Waals surface area contributed by atoms with Crippen molar-refractivity contribution < 1.29 is 9.53 Å². The first-order valence-corrected chi connectivity index (χ1v) is 12.0. The summed E-state index contributed by atoms with van der Waals surface area (Å²) < 4.78 is 5.67. The van der Waals surface area contributed by atoms with Crippen LogP contribution in [-0.2, 0) is 16.0 Å². The van der Waals surface area contributed by atoms with Crippen molar-refractivity contribution in [1.82, 2.24) is 4.90 Å². The first-order chi connectivity index (χ1) is 14.6. The summed E-state index contributed by atoms with van der Waals surface area (Å²) in [6, 6.07) is 9.02. The molecule has 5 nitrogen and oxygen atoms in total. The summed E-state index contributed by atoms with van der Waals surface area (Å²) in [5.74, 6) is 1.21. The lowest BCUT2D eigenvalue weighted by Gasteiger charge is -2.38. The van der Waals surface area contributed by atoms with Crippen LogP contribution in [0.2, 0.25) is 0 Å². The van der Waals surface area contributed by atoms with Crippen LogP contribution in [-0.4, -0.2) is 56.7 Å². The Bertz CT molecular complexity index is 650. The van der Waals surface area contributed by atoms with E-state index in [4.69, 9.17) is 10.5 Å². The maximum absolute atomic E-state index is 11.1. The number of carbonyl (C=O) groups excluding carboxylic acids is 1. The summed E-state index contributed by atoms with van der Waals surface area (Å²) in [5.41, 5.74) is 8.12. The largest absolute Gasteiger partial charge is 0.381 e. The average Bonchev–Trinajstić information content (AvgIpc) is 2.79. The third-order valence-corrected chi connectivity index (χ3v) is 7.31. The number of carbonyl (C=O) groups is 1. The first kappa shape index (κ1) is 23.1. The molecule has 1 unspecified atom stereocenters. The molecule has 0 radical (unpaired) electrons. The fourth-order valence-corrected chi connectivity index (χ4v) is 5.25. The van der Waals surface area contributed by atoms with Crippen LogP contribution >= 0.6 is 0 Å². The van der Waals surface area contributed by atoms with Crippen LogP contribution in [0.4, 0.5) is 5.69 Å². The Hall–Kier alpha value is -1.59. The lowest BCUT2D eigenvalue weighted by atomic mass is 9.77. The van der Waals surface area contributed by atoms with Crippen molar-refractivity contribution in [3.05, 3.63) is 29.8 Å². The smallest absolute Gasteiger partial charge is 0.217 e. The molecule has 168 valence electrons. The summed E-state index contributed by atoms with van der Waals surface area (Å²) in [6.07, 6.45) is 8.86. The second-order valence-electron chi connectivity index (χ2n) is 9.20. The van der Waals surface area contributed by atoms with E-state index in [0.717, 1.165) is 31.8 Å². The van der Waals surface area contributed by atoms with E-state index in [2.05, 4.69) is 41.0 Å². The summed E-state index contributed by atoms with van der Waals surface area (Å²) >= 11 is 0. The van der Waals surface area contributed by atoms with Crippen LogP contribution in [0.3, 0.4) is 0 Å². The molecule has 0 spiro atoms. The van der Waals surface area contributed by atoms with E-state index < -0.39 is 0 Å². The monoisotopic (exact) mass is 415 g/mol. The molecule has 0 bridgehead atoms. The quantitative estimate of drug-likeness (QED) is 0.631. The van der Waals surface area contributed by atoms with Crippen molar-refractivity contribution in [2.24, 2.45) is 17.6 Å². The van der Waals surface area contributed by atoms with E-state index in [1.165, 1.54) is 63.0 Å². The third kappa shape index (κ3) is 6.71. The topological polar surface area (TPSA) is 58.8 Å². The van der Waals surface area contributed by atoms with Gasteiger partial charge in [-0.3, -0.25) is 9.69 Å². The van der Waals surface area contributed by atoms with Gasteiger partial charge in [0.05, 0.1) is 6.10 Å². The van der Waals surface area contributed by atoms with E-state index in [0.29, 0.717) is 12.3 Å². The molecular weight excluding hydrogens is 374 g/mol. The molecule has 1 heterocycles. The van der Waals surface area contributed by atoms with E-state index >= 15 is 0 Å². The van der Waals surface area contributed by atoms with Crippen LogP contribution in [0, 0.1) is 11.8 Å². The average molecular weight is 416 g/mol. The van der Waals surface area contributed by atoms with Crippen LogP contribution in [0.15, 0.2) is 24.3 Å². The van der Waals surface area contributed by atoms with Gasteiger partial charge in [0.2, 0.25) is 5.91 Å². The Balaban J connectivity index is 1.35. The van der Waals surface area contributed by atoms with Gasteiger partial charge in [-0.25, -0.2) is 0 Å². The van der Waals surface area contributed by atoms with E-state index in [-0.39, 0.29) is 12.0 Å². The van der Waals surface area contributed by atoms with E-state index in [9.17, 15) is 4.79 Å². The minimum atomic E-state index is -0.219. The van der Waals surface area contributed by atoms with Gasteiger partial charge >= 0.3 is 0 Å². The minimum Gasteiger partial charge on any atom is -0.381 e. The molecule has 1 aromatic rings. The van der Waals surface area contributed by atoms with E-state index in [1.807, 2.05) is 0 Å². The van der Waals surface area contributed by atoms with Gasteiger partial charge in [-0.2, -0.15) is 0 Å².